The Bertz CT molecular complexity index is 228. The molecule has 0 bridgehead atoms. The number of ether oxygens (including phenoxy) is 1. The number of para-hydroxylation sites is 2. The molecule has 0 unspecified atom stereocenters. The predicted molar refractivity (Wildman–Crippen MR) is 54.4 cm³/mol. The van der Waals surface area contributed by atoms with Crippen molar-refractivity contribution in [1.29, 1.82) is 0 Å². The van der Waals surface area contributed by atoms with Crippen LogP contribution in [0.3, 0.4) is 0 Å². The predicted octanol–water partition coefficient (Wildman–Crippen LogP) is 2.55. The lowest BCUT2D eigenvalue weighted by Gasteiger charge is -2.07. The van der Waals surface area contributed by atoms with Crippen LogP contribution < -0.4 is 10.1 Å². The zero-order chi connectivity index (χ0) is 8.10. The third kappa shape index (κ3) is 2.62. The van der Waals surface area contributed by atoms with Gasteiger partial charge in [0.25, 0.3) is 0 Å². The fourth-order valence-electron chi connectivity index (χ4n) is 0.981. The van der Waals surface area contributed by atoms with Crippen LogP contribution in [-0.2, 0) is 0 Å². The molecule has 0 fully saturated rings. The van der Waals surface area contributed by atoms with Crippen molar-refractivity contribution < 1.29 is 4.74 Å². The molecule has 0 aliphatic rings. The molecule has 12 heavy (non-hydrogen) atoms. The van der Waals surface area contributed by atoms with E-state index in [0.29, 0.717) is 0 Å². The zero-order valence-corrected chi connectivity index (χ0v) is 8.15. The summed E-state index contributed by atoms with van der Waals surface area (Å²) < 4.78 is 5.14. The highest BCUT2D eigenvalue weighted by molar-refractivity contribution is 5.85. The van der Waals surface area contributed by atoms with Crippen molar-refractivity contribution in [3.8, 4) is 5.75 Å². The normalized spacial score (nSPS) is 8.50. The molecule has 1 N–H and O–H groups in total. The lowest BCUT2D eigenvalue weighted by molar-refractivity contribution is 0.416. The van der Waals surface area contributed by atoms with Gasteiger partial charge in [0.2, 0.25) is 0 Å². The molecule has 0 radical (unpaired) electrons. The first-order valence-corrected chi connectivity index (χ1v) is 3.75. The largest absolute Gasteiger partial charge is 0.495 e. The van der Waals surface area contributed by atoms with E-state index in [1.807, 2.05) is 24.3 Å². The van der Waals surface area contributed by atoms with Crippen molar-refractivity contribution in [2.24, 2.45) is 0 Å². The van der Waals surface area contributed by atoms with Gasteiger partial charge in [-0.15, -0.1) is 12.4 Å². The average molecular weight is 188 g/mol. The van der Waals surface area contributed by atoms with Gasteiger partial charge in [-0.25, -0.2) is 0 Å². The standard InChI is InChI=1S/C9H13NO.ClH/c1-3-10-8-6-4-5-7-9(8)11-2;/h4-7,10H,3H2,1-2H3;1H. The van der Waals surface area contributed by atoms with Crippen LogP contribution in [-0.4, -0.2) is 13.7 Å². The van der Waals surface area contributed by atoms with Crippen molar-refractivity contribution in [3.63, 3.8) is 0 Å². The Hall–Kier alpha value is -0.890. The number of halogens is 1. The Morgan fingerprint density at radius 2 is 2.00 bits per heavy atom. The van der Waals surface area contributed by atoms with E-state index < -0.39 is 0 Å². The first kappa shape index (κ1) is 11.1. The Morgan fingerprint density at radius 1 is 1.33 bits per heavy atom. The van der Waals surface area contributed by atoms with Crippen LogP contribution in [0.5, 0.6) is 5.75 Å². The second kappa shape index (κ2) is 5.72. The minimum absolute atomic E-state index is 0. The lowest BCUT2D eigenvalue weighted by Crippen LogP contribution is -1.98. The number of methoxy groups -OCH3 is 1. The Labute approximate surface area is 79.3 Å². The lowest BCUT2D eigenvalue weighted by atomic mass is 10.3. The molecule has 0 spiro atoms. The number of rotatable bonds is 3. The van der Waals surface area contributed by atoms with Gasteiger partial charge < -0.3 is 10.1 Å². The summed E-state index contributed by atoms with van der Waals surface area (Å²) in [6.45, 7) is 2.98. The molecular weight excluding hydrogens is 174 g/mol. The fourth-order valence-corrected chi connectivity index (χ4v) is 0.981. The highest BCUT2D eigenvalue weighted by Gasteiger charge is 1.96. The van der Waals surface area contributed by atoms with Crippen molar-refractivity contribution in [3.05, 3.63) is 24.3 Å². The molecule has 0 saturated carbocycles. The zero-order valence-electron chi connectivity index (χ0n) is 7.33. The molecule has 0 aromatic heterocycles. The highest BCUT2D eigenvalue weighted by Crippen LogP contribution is 2.22. The van der Waals surface area contributed by atoms with E-state index in [-0.39, 0.29) is 12.4 Å². The second-order valence-corrected chi connectivity index (χ2v) is 2.23. The molecule has 1 aromatic rings. The topological polar surface area (TPSA) is 21.3 Å². The van der Waals surface area contributed by atoms with Gasteiger partial charge in [-0.1, -0.05) is 12.1 Å². The van der Waals surface area contributed by atoms with E-state index in [9.17, 15) is 0 Å². The molecule has 3 heteroatoms. The van der Waals surface area contributed by atoms with Crippen LogP contribution in [0, 0.1) is 0 Å². The molecule has 0 aliphatic carbocycles. The Kier molecular flexibility index (Phi) is 5.30. The summed E-state index contributed by atoms with van der Waals surface area (Å²) >= 11 is 0. The van der Waals surface area contributed by atoms with Gasteiger partial charge in [-0.05, 0) is 19.1 Å². The maximum atomic E-state index is 5.14. The maximum absolute atomic E-state index is 5.14. The minimum Gasteiger partial charge on any atom is -0.495 e. The minimum atomic E-state index is 0. The molecule has 0 amide bonds. The molecule has 0 atom stereocenters. The van der Waals surface area contributed by atoms with Gasteiger partial charge in [-0.2, -0.15) is 0 Å². The number of anilines is 1. The van der Waals surface area contributed by atoms with Crippen molar-refractivity contribution in [1.82, 2.24) is 0 Å². The first-order valence-electron chi connectivity index (χ1n) is 3.75. The van der Waals surface area contributed by atoms with Gasteiger partial charge >= 0.3 is 0 Å². The fraction of sp³-hybridized carbons (Fsp3) is 0.333. The van der Waals surface area contributed by atoms with E-state index in [4.69, 9.17) is 4.74 Å². The summed E-state index contributed by atoms with van der Waals surface area (Å²) in [4.78, 5) is 0. The summed E-state index contributed by atoms with van der Waals surface area (Å²) in [5.41, 5.74) is 1.05. The summed E-state index contributed by atoms with van der Waals surface area (Å²) in [5.74, 6) is 0.898. The van der Waals surface area contributed by atoms with Crippen LogP contribution in [0.25, 0.3) is 0 Å². The van der Waals surface area contributed by atoms with Gasteiger partial charge in [0, 0.05) is 6.54 Å². The first-order chi connectivity index (χ1) is 5.38. The van der Waals surface area contributed by atoms with Crippen molar-refractivity contribution >= 4 is 18.1 Å². The van der Waals surface area contributed by atoms with Crippen molar-refractivity contribution in [2.75, 3.05) is 19.0 Å². The second-order valence-electron chi connectivity index (χ2n) is 2.23. The summed E-state index contributed by atoms with van der Waals surface area (Å²) in [5, 5.41) is 3.20. The van der Waals surface area contributed by atoms with Crippen LogP contribution in [0.2, 0.25) is 0 Å². The Morgan fingerprint density at radius 3 is 2.58 bits per heavy atom. The third-order valence-corrected chi connectivity index (χ3v) is 1.47. The summed E-state index contributed by atoms with van der Waals surface area (Å²) in [7, 11) is 1.68. The van der Waals surface area contributed by atoms with Gasteiger partial charge in [0.15, 0.2) is 0 Å². The van der Waals surface area contributed by atoms with E-state index in [1.165, 1.54) is 0 Å². The van der Waals surface area contributed by atoms with Gasteiger partial charge in [0.05, 0.1) is 12.8 Å². The third-order valence-electron chi connectivity index (χ3n) is 1.47. The highest BCUT2D eigenvalue weighted by atomic mass is 35.5. The van der Waals surface area contributed by atoms with Crippen LogP contribution in [0.15, 0.2) is 24.3 Å². The molecule has 2 nitrogen and oxygen atoms in total. The molecule has 0 heterocycles. The monoisotopic (exact) mass is 187 g/mol. The molecule has 1 rings (SSSR count). The molecular formula is C9H14ClNO. The Balaban J connectivity index is 0.00000121. The van der Waals surface area contributed by atoms with Crippen LogP contribution >= 0.6 is 12.4 Å². The molecule has 0 aliphatic heterocycles. The van der Waals surface area contributed by atoms with E-state index in [2.05, 4.69) is 12.2 Å². The number of hydrogen-bond acceptors (Lipinski definition) is 2. The van der Waals surface area contributed by atoms with Crippen molar-refractivity contribution in [2.45, 2.75) is 6.92 Å². The van der Waals surface area contributed by atoms with Gasteiger partial charge in [-0.3, -0.25) is 0 Å². The number of hydrogen-bond donors (Lipinski definition) is 1. The molecule has 0 saturated heterocycles. The SMILES string of the molecule is CCNc1ccccc1OC.Cl. The number of nitrogens with one attached hydrogen (secondary N) is 1. The molecule has 68 valence electrons. The molecule has 1 aromatic carbocycles. The number of benzene rings is 1. The summed E-state index contributed by atoms with van der Waals surface area (Å²) in [6.07, 6.45) is 0. The average Bonchev–Trinajstić information content (AvgIpc) is 2.06. The van der Waals surface area contributed by atoms with E-state index >= 15 is 0 Å². The summed E-state index contributed by atoms with van der Waals surface area (Å²) in [6, 6.07) is 7.89. The van der Waals surface area contributed by atoms with E-state index in [0.717, 1.165) is 18.0 Å². The van der Waals surface area contributed by atoms with Crippen LogP contribution in [0.4, 0.5) is 5.69 Å². The quantitative estimate of drug-likeness (QED) is 0.786. The smallest absolute Gasteiger partial charge is 0.141 e. The van der Waals surface area contributed by atoms with Crippen LogP contribution in [0.1, 0.15) is 6.92 Å². The van der Waals surface area contributed by atoms with Gasteiger partial charge in [0.1, 0.15) is 5.75 Å². The van der Waals surface area contributed by atoms with E-state index in [1.54, 1.807) is 7.11 Å². The maximum Gasteiger partial charge on any atom is 0.141 e.